The number of hydrogen-bond acceptors (Lipinski definition) is 5. The predicted octanol–water partition coefficient (Wildman–Crippen LogP) is 0.827. The van der Waals surface area contributed by atoms with Gasteiger partial charge in [-0.15, -0.1) is 23.7 Å². The second-order valence-corrected chi connectivity index (χ2v) is 6.83. The van der Waals surface area contributed by atoms with Crippen LogP contribution in [0.4, 0.5) is 0 Å². The van der Waals surface area contributed by atoms with Crippen LogP contribution in [0.1, 0.15) is 9.67 Å². The van der Waals surface area contributed by atoms with Gasteiger partial charge in [-0.05, 0) is 17.5 Å². The molecule has 7 nitrogen and oxygen atoms in total. The van der Waals surface area contributed by atoms with Gasteiger partial charge in [0.25, 0.3) is 11.8 Å². The Balaban J connectivity index is 0.00000243. The Morgan fingerprint density at radius 1 is 1.27 bits per heavy atom. The van der Waals surface area contributed by atoms with Crippen LogP contribution in [0.3, 0.4) is 0 Å². The monoisotopic (exact) mass is 396 g/mol. The number of aliphatic imine (C=N–C) groups is 1. The van der Waals surface area contributed by atoms with Crippen LogP contribution in [-0.2, 0) is 9.59 Å². The molecule has 2 aliphatic rings. The molecule has 1 N–H and O–H groups in total. The van der Waals surface area contributed by atoms with E-state index in [0.29, 0.717) is 26.2 Å². The molecule has 1 atom stereocenters. The van der Waals surface area contributed by atoms with Gasteiger partial charge in [0.05, 0.1) is 4.88 Å². The van der Waals surface area contributed by atoms with Crippen molar-refractivity contribution in [3.05, 3.63) is 34.5 Å². The molecule has 1 saturated heterocycles. The van der Waals surface area contributed by atoms with Crippen LogP contribution < -0.4 is 5.32 Å². The SMILES string of the molecule is Cl.O=C1N=CC=CC1C(=O)NCCN1CCN(C(=O)c2cccs2)CC1. The molecule has 140 valence electrons. The van der Waals surface area contributed by atoms with Crippen LogP contribution in [0.15, 0.2) is 34.7 Å². The number of halogens is 1. The number of piperazine rings is 1. The molecule has 3 heterocycles. The number of dihydropyridines is 1. The van der Waals surface area contributed by atoms with Gasteiger partial charge < -0.3 is 10.2 Å². The molecule has 0 saturated carbocycles. The minimum absolute atomic E-state index is 0. The molecule has 2 aliphatic heterocycles. The van der Waals surface area contributed by atoms with Crippen molar-refractivity contribution in [2.75, 3.05) is 39.3 Å². The molecule has 0 spiro atoms. The fourth-order valence-corrected chi connectivity index (χ4v) is 3.51. The van der Waals surface area contributed by atoms with E-state index in [0.717, 1.165) is 18.0 Å². The fourth-order valence-electron chi connectivity index (χ4n) is 2.82. The first-order valence-electron chi connectivity index (χ1n) is 8.22. The Morgan fingerprint density at radius 2 is 2.04 bits per heavy atom. The Labute approximate surface area is 162 Å². The second kappa shape index (κ2) is 9.61. The first-order chi connectivity index (χ1) is 12.1. The summed E-state index contributed by atoms with van der Waals surface area (Å²) in [5.41, 5.74) is 0. The average molecular weight is 397 g/mol. The van der Waals surface area contributed by atoms with Crippen LogP contribution in [0, 0.1) is 5.92 Å². The van der Waals surface area contributed by atoms with Crippen molar-refractivity contribution in [2.45, 2.75) is 0 Å². The quantitative estimate of drug-likeness (QED) is 0.747. The van der Waals surface area contributed by atoms with Crippen LogP contribution in [0.5, 0.6) is 0 Å². The molecule has 9 heteroatoms. The van der Waals surface area contributed by atoms with Crippen LogP contribution in [-0.4, -0.2) is 73.0 Å². The third-order valence-electron chi connectivity index (χ3n) is 4.26. The lowest BCUT2D eigenvalue weighted by molar-refractivity contribution is -0.131. The van der Waals surface area contributed by atoms with E-state index in [1.165, 1.54) is 17.6 Å². The zero-order valence-electron chi connectivity index (χ0n) is 14.2. The highest BCUT2D eigenvalue weighted by Gasteiger charge is 2.25. The van der Waals surface area contributed by atoms with Crippen molar-refractivity contribution in [1.29, 1.82) is 0 Å². The Bertz CT molecular complexity index is 697. The zero-order valence-corrected chi connectivity index (χ0v) is 15.8. The third kappa shape index (κ3) is 5.00. The number of hydrogen-bond donors (Lipinski definition) is 1. The topological polar surface area (TPSA) is 82.1 Å². The molecule has 1 aromatic heterocycles. The zero-order chi connectivity index (χ0) is 17.6. The molecule has 3 rings (SSSR count). The first-order valence-corrected chi connectivity index (χ1v) is 9.10. The maximum absolute atomic E-state index is 12.3. The van der Waals surface area contributed by atoms with E-state index in [9.17, 15) is 14.4 Å². The maximum Gasteiger partial charge on any atom is 0.264 e. The van der Waals surface area contributed by atoms with Crippen molar-refractivity contribution >= 4 is 47.7 Å². The first kappa shape index (κ1) is 20.3. The van der Waals surface area contributed by atoms with Gasteiger partial charge in [-0.25, -0.2) is 4.99 Å². The van der Waals surface area contributed by atoms with E-state index in [-0.39, 0.29) is 24.2 Å². The smallest absolute Gasteiger partial charge is 0.264 e. The number of carbonyl (C=O) groups excluding carboxylic acids is 3. The van der Waals surface area contributed by atoms with Gasteiger partial charge >= 0.3 is 0 Å². The number of nitrogens with zero attached hydrogens (tertiary/aromatic N) is 3. The lowest BCUT2D eigenvalue weighted by atomic mass is 10.1. The normalized spacial score (nSPS) is 19.9. The number of thiophene rings is 1. The van der Waals surface area contributed by atoms with Crippen LogP contribution >= 0.6 is 23.7 Å². The molecule has 0 aromatic carbocycles. The van der Waals surface area contributed by atoms with Crippen molar-refractivity contribution in [1.82, 2.24) is 15.1 Å². The van der Waals surface area contributed by atoms with Gasteiger partial charge in [0, 0.05) is 45.5 Å². The van der Waals surface area contributed by atoms with Crippen molar-refractivity contribution < 1.29 is 14.4 Å². The highest BCUT2D eigenvalue weighted by Crippen LogP contribution is 2.13. The summed E-state index contributed by atoms with van der Waals surface area (Å²) in [4.78, 5) is 44.3. The summed E-state index contributed by atoms with van der Waals surface area (Å²) in [5.74, 6) is -1.47. The summed E-state index contributed by atoms with van der Waals surface area (Å²) < 4.78 is 0. The summed E-state index contributed by atoms with van der Waals surface area (Å²) in [6.07, 6.45) is 4.55. The van der Waals surface area contributed by atoms with Gasteiger partial charge in [0.1, 0.15) is 5.92 Å². The van der Waals surface area contributed by atoms with Gasteiger partial charge in [0.2, 0.25) is 5.91 Å². The molecular weight excluding hydrogens is 376 g/mol. The molecule has 0 aliphatic carbocycles. The Morgan fingerprint density at radius 3 is 2.69 bits per heavy atom. The molecule has 0 radical (unpaired) electrons. The largest absolute Gasteiger partial charge is 0.354 e. The number of rotatable bonds is 5. The van der Waals surface area contributed by atoms with E-state index in [4.69, 9.17) is 0 Å². The lowest BCUT2D eigenvalue weighted by Crippen LogP contribution is -2.50. The van der Waals surface area contributed by atoms with Gasteiger partial charge in [-0.2, -0.15) is 0 Å². The van der Waals surface area contributed by atoms with Crippen molar-refractivity contribution in [3.63, 3.8) is 0 Å². The van der Waals surface area contributed by atoms with Crippen molar-refractivity contribution in [2.24, 2.45) is 10.9 Å². The summed E-state index contributed by atoms with van der Waals surface area (Å²) in [5, 5.41) is 4.69. The van der Waals surface area contributed by atoms with Gasteiger partial charge in [-0.3, -0.25) is 19.3 Å². The number of allylic oxidation sites excluding steroid dienone is 1. The number of amides is 3. The van der Waals surface area contributed by atoms with Crippen LogP contribution in [0.2, 0.25) is 0 Å². The second-order valence-electron chi connectivity index (χ2n) is 5.88. The molecule has 1 unspecified atom stereocenters. The molecule has 26 heavy (non-hydrogen) atoms. The van der Waals surface area contributed by atoms with E-state index >= 15 is 0 Å². The van der Waals surface area contributed by atoms with E-state index < -0.39 is 11.8 Å². The molecule has 3 amide bonds. The molecule has 1 aromatic rings. The summed E-state index contributed by atoms with van der Waals surface area (Å²) in [6.45, 7) is 4.09. The third-order valence-corrected chi connectivity index (χ3v) is 5.12. The predicted molar refractivity (Wildman–Crippen MR) is 103 cm³/mol. The lowest BCUT2D eigenvalue weighted by Gasteiger charge is -2.34. The number of carbonyl (C=O) groups is 3. The minimum atomic E-state index is -0.815. The minimum Gasteiger partial charge on any atom is -0.354 e. The van der Waals surface area contributed by atoms with E-state index in [1.807, 2.05) is 22.4 Å². The molecule has 0 bridgehead atoms. The van der Waals surface area contributed by atoms with Gasteiger partial charge in [0.15, 0.2) is 0 Å². The maximum atomic E-state index is 12.3. The molecule has 1 fully saturated rings. The Hall–Kier alpha value is -2.03. The van der Waals surface area contributed by atoms with Crippen LogP contribution in [0.25, 0.3) is 0 Å². The molecular formula is C17H21ClN4O3S. The standard InChI is InChI=1S/C17H20N4O3S.ClH/c22-15-13(3-1-5-18-15)16(23)19-6-7-20-8-10-21(11-9-20)17(24)14-4-2-12-25-14;/h1-5,12-13H,6-11H2,(H,19,23);1H. The Kier molecular flexibility index (Phi) is 7.50. The average Bonchev–Trinajstić information content (AvgIpc) is 3.16. The van der Waals surface area contributed by atoms with E-state index in [2.05, 4.69) is 15.2 Å². The summed E-state index contributed by atoms with van der Waals surface area (Å²) >= 11 is 1.46. The van der Waals surface area contributed by atoms with Gasteiger partial charge in [-0.1, -0.05) is 12.1 Å². The number of nitrogens with one attached hydrogen (secondary N) is 1. The summed E-state index contributed by atoms with van der Waals surface area (Å²) in [6, 6.07) is 3.73. The van der Waals surface area contributed by atoms with Crippen molar-refractivity contribution in [3.8, 4) is 0 Å². The van der Waals surface area contributed by atoms with E-state index in [1.54, 1.807) is 12.2 Å². The summed E-state index contributed by atoms with van der Waals surface area (Å²) in [7, 11) is 0. The fraction of sp³-hybridized carbons (Fsp3) is 0.412. The highest BCUT2D eigenvalue weighted by molar-refractivity contribution is 7.12. The highest BCUT2D eigenvalue weighted by atomic mass is 35.5.